The highest BCUT2D eigenvalue weighted by atomic mass is 16.5. The predicted molar refractivity (Wildman–Crippen MR) is 106 cm³/mol. The Morgan fingerprint density at radius 2 is 1.75 bits per heavy atom. The molecule has 3 aromatic rings. The molecule has 0 saturated carbocycles. The average Bonchev–Trinajstić information content (AvgIpc) is 2.70. The number of anilines is 1. The van der Waals surface area contributed by atoms with Gasteiger partial charge in [0.1, 0.15) is 0 Å². The standard InChI is InChI=1S/C21H21N3O4/c1-3-12-24-20(26)17-7-5-4-6-16(17)19(23-24)21(27)28-13-18(25)22-15-10-8-14(2)9-11-15/h4-11H,3,12-13H2,1-2H3,(H,22,25). The van der Waals surface area contributed by atoms with Crippen molar-refractivity contribution < 1.29 is 14.3 Å². The second kappa shape index (κ2) is 8.47. The van der Waals surface area contributed by atoms with Crippen molar-refractivity contribution in [2.45, 2.75) is 26.8 Å². The summed E-state index contributed by atoms with van der Waals surface area (Å²) in [6, 6.07) is 14.0. The summed E-state index contributed by atoms with van der Waals surface area (Å²) >= 11 is 0. The lowest BCUT2D eigenvalue weighted by Gasteiger charge is -2.10. The summed E-state index contributed by atoms with van der Waals surface area (Å²) in [6.45, 7) is 3.80. The maximum atomic E-state index is 12.5. The Morgan fingerprint density at radius 1 is 1.07 bits per heavy atom. The predicted octanol–water partition coefficient (Wildman–Crippen LogP) is 2.91. The van der Waals surface area contributed by atoms with Crippen LogP contribution in [0.25, 0.3) is 10.8 Å². The summed E-state index contributed by atoms with van der Waals surface area (Å²) in [6.07, 6.45) is 0.693. The Bertz CT molecular complexity index is 1070. The molecule has 0 saturated heterocycles. The van der Waals surface area contributed by atoms with E-state index in [1.165, 1.54) is 4.68 Å². The molecule has 28 heavy (non-hydrogen) atoms. The molecule has 0 atom stereocenters. The van der Waals surface area contributed by atoms with Crippen molar-refractivity contribution in [2.75, 3.05) is 11.9 Å². The molecule has 0 spiro atoms. The minimum Gasteiger partial charge on any atom is -0.451 e. The SMILES string of the molecule is CCCn1nc(C(=O)OCC(=O)Nc2ccc(C)cc2)c2ccccc2c1=O. The van der Waals surface area contributed by atoms with Gasteiger partial charge in [-0.1, -0.05) is 42.8 Å². The monoisotopic (exact) mass is 379 g/mol. The fraction of sp³-hybridized carbons (Fsp3) is 0.238. The summed E-state index contributed by atoms with van der Waals surface area (Å²) in [5.74, 6) is -1.21. The molecule has 3 rings (SSSR count). The number of aromatic nitrogens is 2. The van der Waals surface area contributed by atoms with Gasteiger partial charge >= 0.3 is 5.97 Å². The Kier molecular flexibility index (Phi) is 5.84. The van der Waals surface area contributed by atoms with E-state index in [1.807, 2.05) is 26.0 Å². The van der Waals surface area contributed by atoms with Gasteiger partial charge in [0.2, 0.25) is 0 Å². The molecule has 0 aliphatic rings. The molecule has 1 amide bonds. The average molecular weight is 379 g/mol. The number of hydrogen-bond donors (Lipinski definition) is 1. The van der Waals surface area contributed by atoms with Gasteiger partial charge in [0.15, 0.2) is 12.3 Å². The summed E-state index contributed by atoms with van der Waals surface area (Å²) in [7, 11) is 0. The van der Waals surface area contributed by atoms with E-state index in [2.05, 4.69) is 10.4 Å². The molecule has 0 aliphatic heterocycles. The maximum absolute atomic E-state index is 12.5. The molecule has 0 unspecified atom stereocenters. The first kappa shape index (κ1) is 19.3. The highest BCUT2D eigenvalue weighted by molar-refractivity contribution is 6.03. The van der Waals surface area contributed by atoms with Crippen LogP contribution in [0.1, 0.15) is 29.4 Å². The largest absolute Gasteiger partial charge is 0.451 e. The van der Waals surface area contributed by atoms with Gasteiger partial charge in [-0.3, -0.25) is 9.59 Å². The van der Waals surface area contributed by atoms with E-state index in [-0.39, 0.29) is 11.3 Å². The van der Waals surface area contributed by atoms with Crippen molar-refractivity contribution >= 4 is 28.3 Å². The first-order chi connectivity index (χ1) is 13.5. The number of benzene rings is 2. The van der Waals surface area contributed by atoms with Gasteiger partial charge in [-0.05, 0) is 31.5 Å². The normalized spacial score (nSPS) is 10.6. The summed E-state index contributed by atoms with van der Waals surface area (Å²) < 4.78 is 6.39. The second-order valence-corrected chi connectivity index (χ2v) is 6.41. The zero-order valence-corrected chi connectivity index (χ0v) is 15.8. The minimum absolute atomic E-state index is 0.0202. The lowest BCUT2D eigenvalue weighted by atomic mass is 10.1. The molecule has 1 heterocycles. The third-order valence-electron chi connectivity index (χ3n) is 4.17. The van der Waals surface area contributed by atoms with Crippen LogP contribution in [0.4, 0.5) is 5.69 Å². The smallest absolute Gasteiger partial charge is 0.359 e. The van der Waals surface area contributed by atoms with Crippen LogP contribution >= 0.6 is 0 Å². The highest BCUT2D eigenvalue weighted by Crippen LogP contribution is 2.15. The van der Waals surface area contributed by atoms with Crippen molar-refractivity contribution in [1.82, 2.24) is 9.78 Å². The summed E-state index contributed by atoms with van der Waals surface area (Å²) in [4.78, 5) is 37.1. The Labute approximate surface area is 161 Å². The van der Waals surface area contributed by atoms with Crippen LogP contribution in [0.2, 0.25) is 0 Å². The second-order valence-electron chi connectivity index (χ2n) is 6.41. The minimum atomic E-state index is -0.750. The molecule has 1 N–H and O–H groups in total. The molecule has 0 aliphatic carbocycles. The van der Waals surface area contributed by atoms with Gasteiger partial charge in [0.05, 0.1) is 5.39 Å². The van der Waals surface area contributed by atoms with Gasteiger partial charge in [-0.25, -0.2) is 9.48 Å². The number of rotatable bonds is 6. The Hall–Kier alpha value is -3.48. The van der Waals surface area contributed by atoms with Crippen LogP contribution in [-0.4, -0.2) is 28.3 Å². The van der Waals surface area contributed by atoms with Crippen LogP contribution in [0.3, 0.4) is 0 Å². The fourth-order valence-electron chi connectivity index (χ4n) is 2.78. The molecule has 0 fully saturated rings. The number of amides is 1. The van der Waals surface area contributed by atoms with E-state index in [0.717, 1.165) is 5.56 Å². The van der Waals surface area contributed by atoms with Gasteiger partial charge in [0, 0.05) is 17.6 Å². The number of carbonyl (C=O) groups is 2. The van der Waals surface area contributed by atoms with Crippen molar-refractivity contribution in [1.29, 1.82) is 0 Å². The number of nitrogens with one attached hydrogen (secondary N) is 1. The van der Waals surface area contributed by atoms with Crippen molar-refractivity contribution in [2.24, 2.45) is 0 Å². The molecule has 1 aromatic heterocycles. The van der Waals surface area contributed by atoms with E-state index in [0.29, 0.717) is 29.4 Å². The Balaban J connectivity index is 1.77. The maximum Gasteiger partial charge on any atom is 0.359 e. The number of aryl methyl sites for hydroxylation is 2. The van der Waals surface area contributed by atoms with Gasteiger partial charge in [-0.15, -0.1) is 0 Å². The van der Waals surface area contributed by atoms with Crippen LogP contribution < -0.4 is 10.9 Å². The zero-order valence-electron chi connectivity index (χ0n) is 15.8. The van der Waals surface area contributed by atoms with Crippen LogP contribution in [0.5, 0.6) is 0 Å². The van der Waals surface area contributed by atoms with Crippen LogP contribution in [0, 0.1) is 6.92 Å². The molecule has 0 bridgehead atoms. The Morgan fingerprint density at radius 3 is 2.43 bits per heavy atom. The summed E-state index contributed by atoms with van der Waals surface area (Å²) in [5.41, 5.74) is 1.45. The van der Waals surface area contributed by atoms with Gasteiger partial charge < -0.3 is 10.1 Å². The van der Waals surface area contributed by atoms with Crippen molar-refractivity contribution in [3.8, 4) is 0 Å². The fourth-order valence-corrected chi connectivity index (χ4v) is 2.78. The first-order valence-corrected chi connectivity index (χ1v) is 9.03. The lowest BCUT2D eigenvalue weighted by molar-refractivity contribution is -0.119. The van der Waals surface area contributed by atoms with E-state index in [4.69, 9.17) is 4.74 Å². The highest BCUT2D eigenvalue weighted by Gasteiger charge is 2.18. The number of hydrogen-bond acceptors (Lipinski definition) is 5. The van der Waals surface area contributed by atoms with Gasteiger partial charge in [-0.2, -0.15) is 5.10 Å². The molecule has 7 nitrogen and oxygen atoms in total. The number of carbonyl (C=O) groups excluding carboxylic acids is 2. The molecule has 7 heteroatoms. The van der Waals surface area contributed by atoms with Gasteiger partial charge in [0.25, 0.3) is 11.5 Å². The number of nitrogens with zero attached hydrogens (tertiary/aromatic N) is 2. The van der Waals surface area contributed by atoms with Crippen molar-refractivity contribution in [3.05, 3.63) is 70.1 Å². The van der Waals surface area contributed by atoms with Crippen LogP contribution in [-0.2, 0) is 16.1 Å². The number of fused-ring (bicyclic) bond motifs is 1. The molecular formula is C21H21N3O4. The quantitative estimate of drug-likeness (QED) is 0.665. The molecular weight excluding hydrogens is 358 g/mol. The topological polar surface area (TPSA) is 90.3 Å². The third kappa shape index (κ3) is 4.25. The van der Waals surface area contributed by atoms with E-state index >= 15 is 0 Å². The first-order valence-electron chi connectivity index (χ1n) is 9.03. The summed E-state index contributed by atoms with van der Waals surface area (Å²) in [5, 5.41) is 7.62. The lowest BCUT2D eigenvalue weighted by Crippen LogP contribution is -2.27. The van der Waals surface area contributed by atoms with E-state index < -0.39 is 18.5 Å². The van der Waals surface area contributed by atoms with Crippen LogP contribution in [0.15, 0.2) is 53.3 Å². The molecule has 2 aromatic carbocycles. The van der Waals surface area contributed by atoms with E-state index in [9.17, 15) is 14.4 Å². The number of esters is 1. The zero-order chi connectivity index (χ0) is 20.1. The number of ether oxygens (including phenoxy) is 1. The van der Waals surface area contributed by atoms with Crippen molar-refractivity contribution in [3.63, 3.8) is 0 Å². The molecule has 144 valence electrons. The molecule has 0 radical (unpaired) electrons. The van der Waals surface area contributed by atoms with E-state index in [1.54, 1.807) is 36.4 Å². The third-order valence-corrected chi connectivity index (χ3v) is 4.17.